The van der Waals surface area contributed by atoms with Crippen molar-refractivity contribution in [3.05, 3.63) is 67.1 Å². The molecule has 0 saturated carbocycles. The largest absolute Gasteiger partial charge is 0.368 e. The molecule has 0 aliphatic heterocycles. The van der Waals surface area contributed by atoms with Gasteiger partial charge in [-0.2, -0.15) is 23.3 Å². The summed E-state index contributed by atoms with van der Waals surface area (Å²) < 4.78 is 0. The van der Waals surface area contributed by atoms with Crippen LogP contribution in [-0.2, 0) is 32.7 Å². The summed E-state index contributed by atoms with van der Waals surface area (Å²) in [6, 6.07) is 17.8. The van der Waals surface area contributed by atoms with E-state index in [2.05, 4.69) is 63.9 Å². The molecule has 0 atom stereocenters. The van der Waals surface area contributed by atoms with Gasteiger partial charge in [0, 0.05) is 45.4 Å². The first-order valence-electron chi connectivity index (χ1n) is 7.87. The zero-order valence-corrected chi connectivity index (χ0v) is 19.1. The summed E-state index contributed by atoms with van der Waals surface area (Å²) in [5.74, 6) is 0. The Balaban J connectivity index is -0.000000515. The summed E-state index contributed by atoms with van der Waals surface area (Å²) in [7, 11) is 2.07. The predicted octanol–water partition coefficient (Wildman–Crippen LogP) is 6.76. The molecule has 127 valence electrons. The molecule has 0 unspecified atom stereocenters. The van der Waals surface area contributed by atoms with Crippen LogP contribution in [0.5, 0.6) is 0 Å². The van der Waals surface area contributed by atoms with E-state index >= 15 is 0 Å². The van der Waals surface area contributed by atoms with Crippen LogP contribution in [0.15, 0.2) is 42.5 Å². The second kappa shape index (κ2) is 16.2. The molecule has 0 fully saturated rings. The molecule has 23 heavy (non-hydrogen) atoms. The fraction of sp³-hybridized carbons (Fsp3) is 0.381. The van der Waals surface area contributed by atoms with Crippen LogP contribution in [0.4, 0.5) is 11.4 Å². The van der Waals surface area contributed by atoms with Crippen LogP contribution in [0.2, 0.25) is 0 Å². The van der Waals surface area contributed by atoms with Crippen LogP contribution in [0, 0.1) is 27.3 Å². The second-order valence-electron chi connectivity index (χ2n) is 4.79. The number of nitrogens with zero attached hydrogens (tertiary/aromatic N) is 1. The molecule has 0 amide bonds. The van der Waals surface area contributed by atoms with E-state index in [1.807, 2.05) is 38.1 Å². The Hall–Kier alpha value is -0.656. The van der Waals surface area contributed by atoms with E-state index in [-0.39, 0.29) is 40.1 Å². The molecule has 0 aliphatic carbocycles. The van der Waals surface area contributed by atoms with E-state index in [4.69, 9.17) is 0 Å². The van der Waals surface area contributed by atoms with Crippen LogP contribution in [-0.4, -0.2) is 7.05 Å². The molecule has 0 bridgehead atoms. The molecule has 0 N–H and O–H groups in total. The maximum Gasteiger partial charge on any atom is 0.0389 e. The van der Waals surface area contributed by atoms with Crippen molar-refractivity contribution in [1.82, 2.24) is 0 Å². The Morgan fingerprint density at radius 2 is 1.43 bits per heavy atom. The molecule has 2 aromatic carbocycles. The summed E-state index contributed by atoms with van der Waals surface area (Å²) in [5, 5.41) is 0. The Bertz CT molecular complexity index is 494. The molecule has 1 radical (unpaired) electrons. The Kier molecular flexibility index (Phi) is 19.2. The first-order chi connectivity index (χ1) is 10.1. The van der Waals surface area contributed by atoms with E-state index < -0.39 is 0 Å². The standard InChI is InChI=1S/C15H16N.C3H8.C2H6.CH3.Y/c1-12-9-10-15(11-13(12)2)16(3)14-7-5-4-6-8-14;1-3-2;1-2;;/h4-9,11H,1-3H3;3H2,1-2H3;1-2H3;1H3;/q-1;;;-1;. The number of anilines is 2. The van der Waals surface area contributed by atoms with Crippen molar-refractivity contribution in [2.75, 3.05) is 11.9 Å². The molecule has 0 heterocycles. The van der Waals surface area contributed by atoms with Gasteiger partial charge >= 0.3 is 0 Å². The second-order valence-corrected chi connectivity index (χ2v) is 4.79. The van der Waals surface area contributed by atoms with Crippen LogP contribution in [0.25, 0.3) is 0 Å². The van der Waals surface area contributed by atoms with Crippen LogP contribution in [0.1, 0.15) is 45.2 Å². The average Bonchev–Trinajstić information content (AvgIpc) is 2.53. The molecule has 0 spiro atoms. The number of hydrogen-bond donors (Lipinski definition) is 0. The van der Waals surface area contributed by atoms with Gasteiger partial charge < -0.3 is 12.3 Å². The van der Waals surface area contributed by atoms with Gasteiger partial charge in [0.25, 0.3) is 0 Å². The van der Waals surface area contributed by atoms with Gasteiger partial charge in [0.2, 0.25) is 0 Å². The smallest absolute Gasteiger partial charge is 0.0389 e. The first kappa shape index (κ1) is 27.2. The van der Waals surface area contributed by atoms with Gasteiger partial charge in [-0.05, 0) is 12.1 Å². The summed E-state index contributed by atoms with van der Waals surface area (Å²) in [6.45, 7) is 12.5. The third-order valence-corrected chi connectivity index (χ3v) is 2.92. The summed E-state index contributed by atoms with van der Waals surface area (Å²) in [5.41, 5.74) is 4.87. The van der Waals surface area contributed by atoms with E-state index in [1.165, 1.54) is 23.2 Å². The monoisotopic (exact) mass is 388 g/mol. The van der Waals surface area contributed by atoms with Crippen molar-refractivity contribution in [2.24, 2.45) is 0 Å². The minimum absolute atomic E-state index is 0. The van der Waals surface area contributed by atoms with Gasteiger partial charge in [-0.15, -0.1) is 6.07 Å². The average molecular weight is 388 g/mol. The van der Waals surface area contributed by atoms with Crippen molar-refractivity contribution in [3.8, 4) is 0 Å². The topological polar surface area (TPSA) is 3.24 Å². The fourth-order valence-electron chi connectivity index (χ4n) is 1.64. The maximum atomic E-state index is 3.30. The van der Waals surface area contributed by atoms with Gasteiger partial charge in [-0.3, -0.25) is 0 Å². The van der Waals surface area contributed by atoms with Crippen molar-refractivity contribution < 1.29 is 32.7 Å². The summed E-state index contributed by atoms with van der Waals surface area (Å²) >= 11 is 0. The summed E-state index contributed by atoms with van der Waals surface area (Å²) in [6.07, 6.45) is 1.25. The quantitative estimate of drug-likeness (QED) is 0.514. The van der Waals surface area contributed by atoms with Gasteiger partial charge in [0.15, 0.2) is 0 Å². The van der Waals surface area contributed by atoms with Gasteiger partial charge in [-0.1, -0.05) is 71.8 Å². The van der Waals surface area contributed by atoms with Gasteiger partial charge in [-0.25, -0.2) is 0 Å². The molecular weight excluding hydrogens is 355 g/mol. The molecule has 0 aromatic heterocycles. The zero-order valence-electron chi connectivity index (χ0n) is 16.3. The van der Waals surface area contributed by atoms with Crippen molar-refractivity contribution in [1.29, 1.82) is 0 Å². The molecular formula is C21H33NY-2. The van der Waals surface area contributed by atoms with Crippen molar-refractivity contribution in [3.63, 3.8) is 0 Å². The number of para-hydroxylation sites is 1. The number of rotatable bonds is 2. The van der Waals surface area contributed by atoms with Crippen molar-refractivity contribution in [2.45, 2.75) is 48.0 Å². The molecule has 0 saturated heterocycles. The minimum atomic E-state index is 0. The Morgan fingerprint density at radius 3 is 1.87 bits per heavy atom. The number of hydrogen-bond acceptors (Lipinski definition) is 1. The Morgan fingerprint density at radius 1 is 0.957 bits per heavy atom. The van der Waals surface area contributed by atoms with E-state index in [0.717, 1.165) is 5.69 Å². The third-order valence-electron chi connectivity index (χ3n) is 2.92. The van der Waals surface area contributed by atoms with E-state index in [0.29, 0.717) is 0 Å². The van der Waals surface area contributed by atoms with Crippen LogP contribution in [0.3, 0.4) is 0 Å². The van der Waals surface area contributed by atoms with Gasteiger partial charge in [0.05, 0.1) is 0 Å². The van der Waals surface area contributed by atoms with E-state index in [1.54, 1.807) is 0 Å². The molecule has 2 heteroatoms. The zero-order chi connectivity index (χ0) is 16.3. The molecule has 1 nitrogen and oxygen atoms in total. The minimum Gasteiger partial charge on any atom is -0.368 e. The summed E-state index contributed by atoms with van der Waals surface area (Å²) in [4.78, 5) is 2.15. The molecule has 2 aromatic rings. The molecule has 0 aliphatic rings. The predicted molar refractivity (Wildman–Crippen MR) is 103 cm³/mol. The fourth-order valence-corrected chi connectivity index (χ4v) is 1.64. The Labute approximate surface area is 170 Å². The number of benzene rings is 2. The first-order valence-corrected chi connectivity index (χ1v) is 7.87. The van der Waals surface area contributed by atoms with Gasteiger partial charge in [0.1, 0.15) is 0 Å². The number of aryl methyl sites for hydroxylation is 2. The van der Waals surface area contributed by atoms with Crippen LogP contribution < -0.4 is 4.90 Å². The maximum absolute atomic E-state index is 3.30. The SMILES string of the molecule is CC.CCC.Cc1c[c-]c(N(C)c2ccccc2)cc1C.[CH3-].[Y]. The normalized spacial score (nSPS) is 8.13. The van der Waals surface area contributed by atoms with Crippen molar-refractivity contribution >= 4 is 11.4 Å². The van der Waals surface area contributed by atoms with Crippen LogP contribution >= 0.6 is 0 Å². The third kappa shape index (κ3) is 9.94. The van der Waals surface area contributed by atoms with E-state index in [9.17, 15) is 0 Å². The molecule has 2 rings (SSSR count).